The van der Waals surface area contributed by atoms with Gasteiger partial charge >= 0.3 is 5.97 Å². The van der Waals surface area contributed by atoms with Gasteiger partial charge in [-0.05, 0) is 44.4 Å². The molecule has 1 aliphatic carbocycles. The number of unbranched alkanes of at least 4 members (excludes halogenated alkanes) is 5. The zero-order chi connectivity index (χ0) is 20.6. The molecule has 1 rings (SSSR count). The molecule has 1 saturated carbocycles. The van der Waals surface area contributed by atoms with E-state index in [0.717, 1.165) is 44.9 Å². The van der Waals surface area contributed by atoms with Gasteiger partial charge in [-0.15, -0.1) is 6.58 Å². The van der Waals surface area contributed by atoms with Crippen molar-refractivity contribution in [2.75, 3.05) is 13.2 Å². The van der Waals surface area contributed by atoms with Crippen LogP contribution in [0.2, 0.25) is 0 Å². The first-order valence-electron chi connectivity index (χ1n) is 10.6. The number of carboxylic acid groups (broad SMARTS) is 1. The van der Waals surface area contributed by atoms with E-state index >= 15 is 0 Å². The Morgan fingerprint density at radius 2 is 1.82 bits per heavy atom. The average Bonchev–Trinajstić information content (AvgIpc) is 2.96. The van der Waals surface area contributed by atoms with Crippen LogP contribution in [0.15, 0.2) is 37.0 Å². The lowest BCUT2D eigenvalue weighted by Gasteiger charge is -2.21. The summed E-state index contributed by atoms with van der Waals surface area (Å²) < 4.78 is 5.90. The van der Waals surface area contributed by atoms with E-state index < -0.39 is 12.1 Å². The first-order valence-corrected chi connectivity index (χ1v) is 10.6. The summed E-state index contributed by atoms with van der Waals surface area (Å²) in [5.74, 6) is -0.462. The Bertz CT molecular complexity index is 485. The van der Waals surface area contributed by atoms with E-state index in [1.807, 2.05) is 6.08 Å². The van der Waals surface area contributed by atoms with Crippen molar-refractivity contribution in [3.05, 3.63) is 37.0 Å². The maximum absolute atomic E-state index is 10.6. The lowest BCUT2D eigenvalue weighted by atomic mass is 9.89. The third-order valence-electron chi connectivity index (χ3n) is 5.29. The lowest BCUT2D eigenvalue weighted by molar-refractivity contribution is -0.137. The summed E-state index contributed by atoms with van der Waals surface area (Å²) in [6.45, 7) is 4.46. The monoisotopic (exact) mass is 394 g/mol. The van der Waals surface area contributed by atoms with Gasteiger partial charge in [-0.3, -0.25) is 4.79 Å². The SMILES string of the molecule is C=CCO[C@@H]1C[C@H](O)C(C/C=C\CCCC(=O)O)[C@H]1/C=C/CCCCCCO. The van der Waals surface area contributed by atoms with Crippen LogP contribution in [0, 0.1) is 11.8 Å². The van der Waals surface area contributed by atoms with Gasteiger partial charge in [-0.2, -0.15) is 0 Å². The molecule has 1 unspecified atom stereocenters. The smallest absolute Gasteiger partial charge is 0.303 e. The van der Waals surface area contributed by atoms with Crippen LogP contribution in [0.5, 0.6) is 0 Å². The zero-order valence-electron chi connectivity index (χ0n) is 17.0. The maximum atomic E-state index is 10.6. The van der Waals surface area contributed by atoms with Gasteiger partial charge in [0.25, 0.3) is 0 Å². The molecule has 0 amide bonds. The number of hydrogen-bond donors (Lipinski definition) is 3. The highest BCUT2D eigenvalue weighted by atomic mass is 16.5. The van der Waals surface area contributed by atoms with Crippen LogP contribution < -0.4 is 0 Å². The van der Waals surface area contributed by atoms with Crippen LogP contribution in [0.3, 0.4) is 0 Å². The molecule has 0 saturated heterocycles. The number of aliphatic carboxylic acids is 1. The van der Waals surface area contributed by atoms with E-state index in [4.69, 9.17) is 14.9 Å². The topological polar surface area (TPSA) is 87.0 Å². The highest BCUT2D eigenvalue weighted by molar-refractivity contribution is 5.66. The minimum absolute atomic E-state index is 0.00375. The summed E-state index contributed by atoms with van der Waals surface area (Å²) in [6.07, 6.45) is 18.0. The van der Waals surface area contributed by atoms with Crippen molar-refractivity contribution >= 4 is 5.97 Å². The zero-order valence-corrected chi connectivity index (χ0v) is 17.0. The maximum Gasteiger partial charge on any atom is 0.303 e. The Hall–Kier alpha value is -1.43. The van der Waals surface area contributed by atoms with Crippen LogP contribution in [0.25, 0.3) is 0 Å². The highest BCUT2D eigenvalue weighted by Gasteiger charge is 2.40. The third kappa shape index (κ3) is 10.2. The number of allylic oxidation sites excluding steroid dienone is 3. The lowest BCUT2D eigenvalue weighted by Crippen LogP contribution is -2.22. The minimum atomic E-state index is -0.761. The fourth-order valence-electron chi connectivity index (χ4n) is 3.78. The van der Waals surface area contributed by atoms with Gasteiger partial charge in [-0.1, -0.05) is 43.2 Å². The Labute approximate surface area is 169 Å². The number of carbonyl (C=O) groups is 1. The van der Waals surface area contributed by atoms with Crippen molar-refractivity contribution in [3.63, 3.8) is 0 Å². The van der Waals surface area contributed by atoms with Crippen LogP contribution in [0.4, 0.5) is 0 Å². The Kier molecular flexibility index (Phi) is 13.6. The van der Waals surface area contributed by atoms with E-state index in [0.29, 0.717) is 19.4 Å². The molecule has 0 aromatic heterocycles. The van der Waals surface area contributed by atoms with Crippen molar-refractivity contribution in [1.82, 2.24) is 0 Å². The molecule has 0 radical (unpaired) electrons. The fourth-order valence-corrected chi connectivity index (χ4v) is 3.78. The van der Waals surface area contributed by atoms with Crippen molar-refractivity contribution in [2.45, 2.75) is 76.4 Å². The van der Waals surface area contributed by atoms with E-state index in [1.165, 1.54) is 0 Å². The first-order chi connectivity index (χ1) is 13.6. The summed E-state index contributed by atoms with van der Waals surface area (Å²) in [7, 11) is 0. The standard InChI is InChI=1S/C23H38O5/c1-2-17-28-22-18-21(25)19(13-9-6-7-11-15-23(26)27)20(22)14-10-5-3-4-8-12-16-24/h2,6,9-10,14,19-22,24-25H,1,3-5,7-8,11-13,15-18H2,(H,26,27)/b9-6-,14-10+/t19?,20-,21+,22-/m1/s1. The molecule has 0 heterocycles. The highest BCUT2D eigenvalue weighted by Crippen LogP contribution is 2.38. The van der Waals surface area contributed by atoms with Crippen molar-refractivity contribution < 1.29 is 24.9 Å². The second kappa shape index (κ2) is 15.5. The number of hydrogen-bond acceptors (Lipinski definition) is 4. The summed E-state index contributed by atoms with van der Waals surface area (Å²) in [5, 5.41) is 28.0. The van der Waals surface area contributed by atoms with Gasteiger partial charge in [0.15, 0.2) is 0 Å². The average molecular weight is 395 g/mol. The van der Waals surface area contributed by atoms with Gasteiger partial charge < -0.3 is 20.1 Å². The van der Waals surface area contributed by atoms with Crippen molar-refractivity contribution in [1.29, 1.82) is 0 Å². The fraction of sp³-hybridized carbons (Fsp3) is 0.696. The van der Waals surface area contributed by atoms with E-state index in [9.17, 15) is 9.90 Å². The van der Waals surface area contributed by atoms with Gasteiger partial charge in [0.1, 0.15) is 0 Å². The second-order valence-electron chi connectivity index (χ2n) is 7.55. The van der Waals surface area contributed by atoms with Crippen LogP contribution >= 0.6 is 0 Å². The first kappa shape index (κ1) is 24.6. The van der Waals surface area contributed by atoms with Crippen LogP contribution in [0.1, 0.15) is 64.2 Å². The van der Waals surface area contributed by atoms with Gasteiger partial charge in [0.2, 0.25) is 0 Å². The van der Waals surface area contributed by atoms with E-state index in [2.05, 4.69) is 24.8 Å². The largest absolute Gasteiger partial charge is 0.481 e. The summed E-state index contributed by atoms with van der Waals surface area (Å²) in [5.41, 5.74) is 0. The van der Waals surface area contributed by atoms with E-state index in [1.54, 1.807) is 6.08 Å². The summed E-state index contributed by atoms with van der Waals surface area (Å²) in [6, 6.07) is 0. The van der Waals surface area contributed by atoms with Crippen molar-refractivity contribution in [2.24, 2.45) is 11.8 Å². The number of rotatable bonds is 16. The van der Waals surface area contributed by atoms with Crippen LogP contribution in [-0.2, 0) is 9.53 Å². The predicted octanol–water partition coefficient (Wildman–Crippen LogP) is 4.25. The van der Waals surface area contributed by atoms with Crippen LogP contribution in [-0.4, -0.2) is 46.7 Å². The van der Waals surface area contributed by atoms with Gasteiger partial charge in [0, 0.05) is 25.4 Å². The number of aliphatic hydroxyl groups excluding tert-OH is 2. The van der Waals surface area contributed by atoms with Gasteiger partial charge in [-0.25, -0.2) is 0 Å². The molecule has 0 aliphatic heterocycles. The molecule has 1 aliphatic rings. The van der Waals surface area contributed by atoms with Crippen molar-refractivity contribution in [3.8, 4) is 0 Å². The van der Waals surface area contributed by atoms with E-state index in [-0.39, 0.29) is 31.0 Å². The molecular formula is C23H38O5. The molecule has 5 heteroatoms. The quantitative estimate of drug-likeness (QED) is 0.269. The van der Waals surface area contributed by atoms with Gasteiger partial charge in [0.05, 0.1) is 18.8 Å². The summed E-state index contributed by atoms with van der Waals surface area (Å²) >= 11 is 0. The predicted molar refractivity (Wildman–Crippen MR) is 112 cm³/mol. The molecule has 3 N–H and O–H groups in total. The number of aliphatic hydroxyl groups is 2. The number of ether oxygens (including phenoxy) is 1. The molecule has 1 fully saturated rings. The third-order valence-corrected chi connectivity index (χ3v) is 5.29. The Balaban J connectivity index is 2.53. The Morgan fingerprint density at radius 3 is 2.54 bits per heavy atom. The molecule has 0 bridgehead atoms. The minimum Gasteiger partial charge on any atom is -0.481 e. The number of carboxylic acids is 1. The molecule has 5 nitrogen and oxygen atoms in total. The molecule has 0 spiro atoms. The molecule has 0 aromatic carbocycles. The molecule has 0 aromatic rings. The second-order valence-corrected chi connectivity index (χ2v) is 7.55. The summed E-state index contributed by atoms with van der Waals surface area (Å²) in [4.78, 5) is 10.6. The molecule has 28 heavy (non-hydrogen) atoms. The molecule has 4 atom stereocenters. The molecular weight excluding hydrogens is 356 g/mol. The Morgan fingerprint density at radius 1 is 1.07 bits per heavy atom. The normalized spacial score (nSPS) is 25.1. The molecule has 160 valence electrons.